The number of amides is 1. The summed E-state index contributed by atoms with van der Waals surface area (Å²) in [7, 11) is 0. The summed E-state index contributed by atoms with van der Waals surface area (Å²) in [5.74, 6) is 0.362. The van der Waals surface area contributed by atoms with Crippen LogP contribution < -0.4 is 10.1 Å². The molecule has 0 unspecified atom stereocenters. The lowest BCUT2D eigenvalue weighted by Gasteiger charge is -2.21. The van der Waals surface area contributed by atoms with Gasteiger partial charge in [0.05, 0.1) is 5.69 Å². The van der Waals surface area contributed by atoms with Crippen molar-refractivity contribution in [2.75, 3.05) is 11.9 Å². The second-order valence-corrected chi connectivity index (χ2v) is 6.41. The number of carbonyl (C=O) groups is 1. The fourth-order valence-electron chi connectivity index (χ4n) is 1.76. The summed E-state index contributed by atoms with van der Waals surface area (Å²) < 4.78 is 6.33. The smallest absolute Gasteiger partial charge is 0.229 e. The summed E-state index contributed by atoms with van der Waals surface area (Å²) in [4.78, 5) is 12.1. The molecule has 20 heavy (non-hydrogen) atoms. The summed E-state index contributed by atoms with van der Waals surface area (Å²) in [6.07, 6.45) is 3.78. The quantitative estimate of drug-likeness (QED) is 0.851. The Morgan fingerprint density at radius 1 is 1.50 bits per heavy atom. The van der Waals surface area contributed by atoms with E-state index in [0.29, 0.717) is 23.6 Å². The zero-order valence-electron chi connectivity index (χ0n) is 11.6. The second-order valence-electron chi connectivity index (χ2n) is 5.55. The number of ether oxygens (including phenoxy) is 1. The Labute approximate surface area is 126 Å². The van der Waals surface area contributed by atoms with Crippen LogP contribution in [0.15, 0.2) is 16.6 Å². The first kappa shape index (κ1) is 14.6. The molecule has 1 aliphatic heterocycles. The highest BCUT2D eigenvalue weighted by atomic mass is 79.9. The number of carbonyl (C=O) groups excluding carboxylic acids is 1. The highest BCUT2D eigenvalue weighted by Gasteiger charge is 2.25. The zero-order valence-corrected chi connectivity index (χ0v) is 13.2. The van der Waals surface area contributed by atoms with E-state index in [-0.39, 0.29) is 5.91 Å². The van der Waals surface area contributed by atoms with Gasteiger partial charge in [-0.3, -0.25) is 4.79 Å². The third-order valence-corrected chi connectivity index (χ3v) is 3.58. The Kier molecular flexibility index (Phi) is 3.87. The predicted octanol–water partition coefficient (Wildman–Crippen LogP) is 3.71. The maximum absolute atomic E-state index is 12.1. The number of halogens is 1. The standard InChI is InChI=1S/C15H15BrN2O2/c1-15(2,3)14(19)18-12-7-11(16)9-5-4-6-20-13(9)10(12)8-17/h4-5,7H,6H2,1-3H3,(H,18,19). The predicted molar refractivity (Wildman–Crippen MR) is 81.5 cm³/mol. The average Bonchev–Trinajstić information content (AvgIpc) is 2.38. The molecule has 2 rings (SSSR count). The van der Waals surface area contributed by atoms with E-state index in [0.717, 1.165) is 10.0 Å². The van der Waals surface area contributed by atoms with E-state index >= 15 is 0 Å². The molecule has 1 heterocycles. The van der Waals surface area contributed by atoms with Gasteiger partial charge in [-0.2, -0.15) is 5.26 Å². The Hall–Kier alpha value is -1.80. The van der Waals surface area contributed by atoms with Crippen LogP contribution in [0.25, 0.3) is 6.08 Å². The number of nitriles is 1. The number of fused-ring (bicyclic) bond motifs is 1. The molecule has 0 fully saturated rings. The minimum Gasteiger partial charge on any atom is -0.487 e. The van der Waals surface area contributed by atoms with Crippen molar-refractivity contribution in [2.24, 2.45) is 5.41 Å². The molecule has 0 saturated heterocycles. The fourth-order valence-corrected chi connectivity index (χ4v) is 2.31. The first-order chi connectivity index (χ1) is 9.34. The number of anilines is 1. The molecule has 1 amide bonds. The molecule has 5 heteroatoms. The van der Waals surface area contributed by atoms with Gasteiger partial charge < -0.3 is 10.1 Å². The van der Waals surface area contributed by atoms with Gasteiger partial charge >= 0.3 is 0 Å². The highest BCUT2D eigenvalue weighted by molar-refractivity contribution is 9.10. The van der Waals surface area contributed by atoms with Gasteiger partial charge in [0.2, 0.25) is 5.91 Å². The normalized spacial score (nSPS) is 13.2. The molecule has 0 bridgehead atoms. The summed E-state index contributed by atoms with van der Waals surface area (Å²) in [6, 6.07) is 3.85. The van der Waals surface area contributed by atoms with Gasteiger partial charge in [-0.05, 0) is 28.1 Å². The summed E-state index contributed by atoms with van der Waals surface area (Å²) in [6.45, 7) is 5.88. The molecule has 0 spiro atoms. The minimum atomic E-state index is -0.532. The second kappa shape index (κ2) is 5.29. The van der Waals surface area contributed by atoms with E-state index in [1.165, 1.54) is 0 Å². The number of nitrogens with one attached hydrogen (secondary N) is 1. The molecule has 4 nitrogen and oxygen atoms in total. The first-order valence-corrected chi connectivity index (χ1v) is 7.01. The molecule has 0 radical (unpaired) electrons. The number of benzene rings is 1. The Morgan fingerprint density at radius 3 is 2.80 bits per heavy atom. The van der Waals surface area contributed by atoms with E-state index in [2.05, 4.69) is 27.3 Å². The van der Waals surface area contributed by atoms with Crippen LogP contribution >= 0.6 is 15.9 Å². The average molecular weight is 335 g/mol. The summed E-state index contributed by atoms with van der Waals surface area (Å²) in [5.41, 5.74) is 1.11. The van der Waals surface area contributed by atoms with E-state index in [4.69, 9.17) is 4.74 Å². The molecule has 1 N–H and O–H groups in total. The molecule has 0 aliphatic carbocycles. The topological polar surface area (TPSA) is 62.1 Å². The maximum Gasteiger partial charge on any atom is 0.229 e. The molecule has 0 atom stereocenters. The van der Waals surface area contributed by atoms with Crippen molar-refractivity contribution in [3.05, 3.63) is 27.7 Å². The van der Waals surface area contributed by atoms with Crippen molar-refractivity contribution in [1.82, 2.24) is 0 Å². The Balaban J connectivity index is 2.50. The van der Waals surface area contributed by atoms with E-state index < -0.39 is 5.41 Å². The van der Waals surface area contributed by atoms with Crippen molar-refractivity contribution in [3.8, 4) is 11.8 Å². The minimum absolute atomic E-state index is 0.146. The maximum atomic E-state index is 12.1. The van der Waals surface area contributed by atoms with Crippen molar-refractivity contribution >= 4 is 33.6 Å². The van der Waals surface area contributed by atoms with Gasteiger partial charge in [0, 0.05) is 15.5 Å². The summed E-state index contributed by atoms with van der Waals surface area (Å²) >= 11 is 3.44. The lowest BCUT2D eigenvalue weighted by molar-refractivity contribution is -0.123. The van der Waals surface area contributed by atoms with Crippen LogP contribution in [0, 0.1) is 16.7 Å². The van der Waals surface area contributed by atoms with Gasteiger partial charge in [0.25, 0.3) is 0 Å². The van der Waals surface area contributed by atoms with Crippen LogP contribution in [0.5, 0.6) is 5.75 Å². The van der Waals surface area contributed by atoms with Crippen molar-refractivity contribution in [1.29, 1.82) is 5.26 Å². The van der Waals surface area contributed by atoms with Gasteiger partial charge in [0.1, 0.15) is 24.0 Å². The Morgan fingerprint density at radius 2 is 2.20 bits per heavy atom. The van der Waals surface area contributed by atoms with Crippen molar-refractivity contribution < 1.29 is 9.53 Å². The monoisotopic (exact) mass is 334 g/mol. The van der Waals surface area contributed by atoms with Crippen LogP contribution in [-0.2, 0) is 4.79 Å². The third kappa shape index (κ3) is 2.70. The number of rotatable bonds is 1. The molecule has 0 aromatic heterocycles. The zero-order chi connectivity index (χ0) is 14.9. The lowest BCUT2D eigenvalue weighted by atomic mass is 9.95. The molecule has 1 aromatic rings. The van der Waals surface area contributed by atoms with Crippen LogP contribution in [-0.4, -0.2) is 12.5 Å². The number of nitrogens with zero attached hydrogens (tertiary/aromatic N) is 1. The van der Waals surface area contributed by atoms with Crippen LogP contribution in [0.2, 0.25) is 0 Å². The third-order valence-electron chi connectivity index (χ3n) is 2.92. The first-order valence-electron chi connectivity index (χ1n) is 6.22. The molecular weight excluding hydrogens is 320 g/mol. The van der Waals surface area contributed by atoms with Gasteiger partial charge in [-0.25, -0.2) is 0 Å². The largest absolute Gasteiger partial charge is 0.487 e. The van der Waals surface area contributed by atoms with Crippen LogP contribution in [0.1, 0.15) is 31.9 Å². The van der Waals surface area contributed by atoms with Crippen LogP contribution in [0.3, 0.4) is 0 Å². The SMILES string of the molecule is CC(C)(C)C(=O)Nc1cc(Br)c2c(c1C#N)OCC=C2. The van der Waals surface area contributed by atoms with Crippen molar-refractivity contribution in [2.45, 2.75) is 20.8 Å². The molecule has 1 aliphatic rings. The molecule has 0 saturated carbocycles. The number of hydrogen-bond acceptors (Lipinski definition) is 3. The number of hydrogen-bond donors (Lipinski definition) is 1. The van der Waals surface area contributed by atoms with E-state index in [1.807, 2.05) is 32.9 Å². The van der Waals surface area contributed by atoms with Crippen LogP contribution in [0.4, 0.5) is 5.69 Å². The molecule has 1 aromatic carbocycles. The lowest BCUT2D eigenvalue weighted by Crippen LogP contribution is -2.28. The van der Waals surface area contributed by atoms with Crippen molar-refractivity contribution in [3.63, 3.8) is 0 Å². The fraction of sp³-hybridized carbons (Fsp3) is 0.333. The van der Waals surface area contributed by atoms with Gasteiger partial charge in [-0.1, -0.05) is 26.8 Å². The summed E-state index contributed by atoms with van der Waals surface area (Å²) in [5, 5.41) is 12.2. The molecule has 104 valence electrons. The molecular formula is C15H15BrN2O2. The highest BCUT2D eigenvalue weighted by Crippen LogP contribution is 2.39. The van der Waals surface area contributed by atoms with E-state index in [9.17, 15) is 10.1 Å². The Bertz CT molecular complexity index is 637. The van der Waals surface area contributed by atoms with E-state index in [1.54, 1.807) is 6.07 Å². The van der Waals surface area contributed by atoms with Gasteiger partial charge in [0.15, 0.2) is 0 Å². The van der Waals surface area contributed by atoms with Gasteiger partial charge in [-0.15, -0.1) is 0 Å².